The van der Waals surface area contributed by atoms with E-state index in [1.54, 1.807) is 0 Å². The van der Waals surface area contributed by atoms with E-state index in [0.29, 0.717) is 35.5 Å². The van der Waals surface area contributed by atoms with Gasteiger partial charge in [0.25, 0.3) is 6.71 Å². The van der Waals surface area contributed by atoms with E-state index in [9.17, 15) is 0 Å². The summed E-state index contributed by atoms with van der Waals surface area (Å²) in [4.78, 5) is 5.37. The zero-order valence-corrected chi connectivity index (χ0v) is 68.8. The third kappa shape index (κ3) is 12.4. The molecule has 17 rings (SSSR count). The second-order valence-electron chi connectivity index (χ2n) is 34.2. The summed E-state index contributed by atoms with van der Waals surface area (Å²) in [6.07, 6.45) is 0. The summed E-state index contributed by atoms with van der Waals surface area (Å²) in [5, 5.41) is 2.49. The van der Waals surface area contributed by atoms with Gasteiger partial charge in [0.05, 0.1) is 16.7 Å². The van der Waals surface area contributed by atoms with E-state index in [0.717, 1.165) is 56.4 Å². The van der Waals surface area contributed by atoms with E-state index in [1.165, 1.54) is 166 Å². The lowest BCUT2D eigenvalue weighted by atomic mass is 9.33. The van der Waals surface area contributed by atoms with Crippen molar-refractivity contribution in [2.75, 3.05) is 9.80 Å². The third-order valence-corrected chi connectivity index (χ3v) is 24.8. The van der Waals surface area contributed by atoms with Gasteiger partial charge in [0.2, 0.25) is 0 Å². The van der Waals surface area contributed by atoms with Gasteiger partial charge in [-0.2, -0.15) is 0 Å². The Labute approximate surface area is 666 Å². The lowest BCUT2D eigenvalue weighted by molar-refractivity contribution is 0.807. The summed E-state index contributed by atoms with van der Waals surface area (Å²) in [6.45, 7) is 41.9. The molecule has 14 aromatic carbocycles. The Morgan fingerprint density at radius 1 is 0.250 bits per heavy atom. The summed E-state index contributed by atoms with van der Waals surface area (Å²) >= 11 is 0. The predicted molar refractivity (Wildman–Crippen MR) is 486 cm³/mol. The zero-order valence-electron chi connectivity index (χ0n) is 68.8. The molecule has 0 radical (unpaired) electrons. The van der Waals surface area contributed by atoms with Crippen molar-refractivity contribution in [3.05, 3.63) is 334 Å². The van der Waals surface area contributed by atoms with Crippen LogP contribution < -0.4 is 26.2 Å². The number of benzene rings is 14. The van der Waals surface area contributed by atoms with Crippen molar-refractivity contribution >= 4 is 79.0 Å². The second kappa shape index (κ2) is 29.0. The first-order valence-electron chi connectivity index (χ1n) is 41.1. The highest BCUT2D eigenvalue weighted by Gasteiger charge is 2.45. The smallest absolute Gasteiger partial charge is 0.252 e. The first-order chi connectivity index (χ1) is 54.0. The van der Waals surface area contributed by atoms with Gasteiger partial charge in [-0.3, -0.25) is 0 Å². The van der Waals surface area contributed by atoms with Crippen LogP contribution in [0, 0.1) is 41.5 Å². The lowest BCUT2D eigenvalue weighted by Gasteiger charge is -2.45. The van der Waals surface area contributed by atoms with Crippen molar-refractivity contribution in [1.82, 2.24) is 4.57 Å². The average Bonchev–Trinajstić information content (AvgIpc) is 0.758. The van der Waals surface area contributed by atoms with Crippen LogP contribution in [-0.2, 0) is 0 Å². The van der Waals surface area contributed by atoms with Crippen LogP contribution in [0.15, 0.2) is 267 Å². The Balaban J connectivity index is 1.02. The molecule has 1 aromatic heterocycles. The molecular formula is C108H104BN3. The molecule has 3 heterocycles. The predicted octanol–water partition coefficient (Wildman–Crippen LogP) is 29.1. The number of hydrogen-bond acceptors (Lipinski definition) is 2. The summed E-state index contributed by atoms with van der Waals surface area (Å²) < 4.78 is 2.62. The molecule has 554 valence electrons. The Morgan fingerprint density at radius 3 is 1.04 bits per heavy atom. The average molecular weight is 1450 g/mol. The maximum absolute atomic E-state index is 2.73. The SMILES string of the molecule is Cc1cccc(C)c1-c1cccc(N2c3cc(-c4c(C)cccc4C)ccc3B3c4ccc(-n5c6ccc(-c7c(C(C)C)cc(C(C)C)cc7C(C)C)cc6c6cc(-c7c(C(C)C)cc(C(C)C)cc7C(C)C)ccc65)cc4N(c4c(-c5ccccc5)cccc4-c4ccccc4)c4cc(-c5c(C)cccc5C)cc2c43)c1. The molecule has 3 nitrogen and oxygen atoms in total. The molecule has 0 aliphatic carbocycles. The van der Waals surface area contributed by atoms with Gasteiger partial charge in [-0.15, -0.1) is 0 Å². The molecule has 0 amide bonds. The van der Waals surface area contributed by atoms with Crippen LogP contribution in [-0.4, -0.2) is 11.3 Å². The lowest BCUT2D eigenvalue weighted by Crippen LogP contribution is -2.61. The van der Waals surface area contributed by atoms with E-state index in [-0.39, 0.29) is 6.71 Å². The first kappa shape index (κ1) is 73.4. The molecule has 2 aliphatic heterocycles. The molecule has 112 heavy (non-hydrogen) atoms. The minimum atomic E-state index is -0.204. The van der Waals surface area contributed by atoms with Crippen LogP contribution in [0.3, 0.4) is 0 Å². The van der Waals surface area contributed by atoms with Crippen LogP contribution in [0.25, 0.3) is 105 Å². The molecule has 4 heteroatoms. The standard InChI is InChI=1S/C108H104BN3/c1-63(2)81-55-88(65(5)6)105(89(56-81)66(7)8)78-45-50-96-92(53-78)93-54-79(106-90(67(9)10)57-82(64(3)4)58-91(106)68(11)12)46-51-97(93)110(96)85-47-49-95-99(62-85)112(108-86(75-36-21-19-22-37-75)42-29-43-87(108)76-38-23-20-24-39-76)101-61-83(104-73(17)34-27-35-74(104)18)60-100-107(101)109(95)94-48-44-80(103-71(15)32-26-33-72(103)16)59-98(94)111(100)84-41-28-40-77(52-84)102-69(13)30-25-31-70(102)14/h19-68H,1-18H3. The van der Waals surface area contributed by atoms with E-state index in [1.807, 2.05) is 0 Å². The van der Waals surface area contributed by atoms with Crippen LogP contribution in [0.5, 0.6) is 0 Å². The van der Waals surface area contributed by atoms with Gasteiger partial charge < -0.3 is 14.4 Å². The highest BCUT2D eigenvalue weighted by Crippen LogP contribution is 2.54. The topological polar surface area (TPSA) is 11.4 Å². The van der Waals surface area contributed by atoms with Crippen LogP contribution in [0.1, 0.15) is 185 Å². The number of anilines is 6. The van der Waals surface area contributed by atoms with E-state index in [4.69, 9.17) is 0 Å². The van der Waals surface area contributed by atoms with Crippen molar-refractivity contribution in [3.8, 4) is 83.6 Å². The van der Waals surface area contributed by atoms with Crippen molar-refractivity contribution < 1.29 is 0 Å². The fourth-order valence-corrected chi connectivity index (χ4v) is 19.2. The fourth-order valence-electron chi connectivity index (χ4n) is 19.2. The summed E-state index contributed by atoms with van der Waals surface area (Å²) in [7, 11) is 0. The van der Waals surface area contributed by atoms with E-state index >= 15 is 0 Å². The largest absolute Gasteiger partial charge is 0.311 e. The molecule has 0 saturated carbocycles. The quantitative estimate of drug-likeness (QED) is 0.0894. The Morgan fingerprint density at radius 2 is 0.607 bits per heavy atom. The fraction of sp³-hybridized carbons (Fsp3) is 0.222. The van der Waals surface area contributed by atoms with Crippen LogP contribution in [0.4, 0.5) is 34.1 Å². The molecule has 0 N–H and O–H groups in total. The van der Waals surface area contributed by atoms with Crippen molar-refractivity contribution in [2.24, 2.45) is 0 Å². The van der Waals surface area contributed by atoms with Gasteiger partial charge in [0.15, 0.2) is 0 Å². The Kier molecular flexibility index (Phi) is 19.0. The molecule has 0 atom stereocenters. The molecule has 2 aliphatic rings. The van der Waals surface area contributed by atoms with Crippen molar-refractivity contribution in [2.45, 2.75) is 160 Å². The molecular weight excluding hydrogens is 1350 g/mol. The minimum Gasteiger partial charge on any atom is -0.311 e. The highest BCUT2D eigenvalue weighted by atomic mass is 15.2. The normalized spacial score (nSPS) is 12.6. The van der Waals surface area contributed by atoms with Crippen molar-refractivity contribution in [3.63, 3.8) is 0 Å². The number of hydrogen-bond donors (Lipinski definition) is 0. The summed E-state index contributed by atoms with van der Waals surface area (Å²) in [5.74, 6) is 2.08. The highest BCUT2D eigenvalue weighted by molar-refractivity contribution is 7.00. The maximum Gasteiger partial charge on any atom is 0.252 e. The van der Waals surface area contributed by atoms with Gasteiger partial charge in [-0.1, -0.05) is 283 Å². The van der Waals surface area contributed by atoms with Crippen LogP contribution in [0.2, 0.25) is 0 Å². The monoisotopic (exact) mass is 1450 g/mol. The molecule has 0 fully saturated rings. The first-order valence-corrected chi connectivity index (χ1v) is 41.1. The van der Waals surface area contributed by atoms with E-state index in [2.05, 4.69) is 406 Å². The number of rotatable bonds is 16. The number of para-hydroxylation sites is 1. The second-order valence-corrected chi connectivity index (χ2v) is 34.2. The third-order valence-electron chi connectivity index (χ3n) is 24.8. The van der Waals surface area contributed by atoms with E-state index < -0.39 is 0 Å². The molecule has 0 saturated heterocycles. The number of fused-ring (bicyclic) bond motifs is 7. The number of aryl methyl sites for hydroxylation is 6. The van der Waals surface area contributed by atoms with Gasteiger partial charge >= 0.3 is 0 Å². The Bertz CT molecular complexity index is 5920. The van der Waals surface area contributed by atoms with Gasteiger partial charge in [0, 0.05) is 56.0 Å². The molecule has 0 unspecified atom stereocenters. The molecule has 0 bridgehead atoms. The summed E-state index contributed by atoms with van der Waals surface area (Å²) in [6, 6.07) is 104. The Hall–Kier alpha value is -11.5. The summed E-state index contributed by atoms with van der Waals surface area (Å²) in [5.41, 5.74) is 47.3. The van der Waals surface area contributed by atoms with Gasteiger partial charge in [0.1, 0.15) is 0 Å². The van der Waals surface area contributed by atoms with Crippen molar-refractivity contribution in [1.29, 1.82) is 0 Å². The number of nitrogens with zero attached hydrogens (tertiary/aromatic N) is 3. The zero-order chi connectivity index (χ0) is 78.0. The maximum atomic E-state index is 2.73. The molecule has 15 aromatic rings. The van der Waals surface area contributed by atoms with Gasteiger partial charge in [-0.05, 0) is 294 Å². The van der Waals surface area contributed by atoms with Gasteiger partial charge in [-0.25, -0.2) is 0 Å². The number of aromatic nitrogens is 1. The molecule has 0 spiro atoms. The minimum absolute atomic E-state index is 0.204. The van der Waals surface area contributed by atoms with Crippen LogP contribution >= 0.6 is 0 Å².